The first-order chi connectivity index (χ1) is 5.77. The third kappa shape index (κ3) is 2.06. The number of nitrogens with two attached hydrogens (primary N) is 1. The zero-order valence-corrected chi connectivity index (χ0v) is 7.88. The molecule has 1 rings (SSSR count). The Bertz CT molecular complexity index is 202. The minimum Gasteiger partial charge on any atom is -0.386 e. The Morgan fingerprint density at radius 2 is 1.92 bits per heavy atom. The molecule has 0 radical (unpaired) electrons. The summed E-state index contributed by atoms with van der Waals surface area (Å²) >= 11 is 0. The van der Waals surface area contributed by atoms with Crippen LogP contribution in [-0.2, 0) is 0 Å². The first-order valence-corrected chi connectivity index (χ1v) is 4.66. The lowest BCUT2D eigenvalue weighted by Gasteiger charge is -2.16. The van der Waals surface area contributed by atoms with Crippen LogP contribution in [0.15, 0.2) is 10.2 Å². The van der Waals surface area contributed by atoms with Crippen molar-refractivity contribution in [3.05, 3.63) is 0 Å². The van der Waals surface area contributed by atoms with Gasteiger partial charge in [0.15, 0.2) is 0 Å². The van der Waals surface area contributed by atoms with Crippen molar-refractivity contribution in [2.75, 3.05) is 0 Å². The normalized spacial score (nSPS) is 17.6. The molecule has 1 aliphatic heterocycles. The number of rotatable bonds is 3. The van der Waals surface area contributed by atoms with Crippen LogP contribution in [0.3, 0.4) is 0 Å². The smallest absolute Gasteiger partial charge is 0.122 e. The maximum Gasteiger partial charge on any atom is 0.122 e. The first-order valence-electron chi connectivity index (χ1n) is 4.66. The second kappa shape index (κ2) is 4.24. The molecule has 1 aliphatic rings. The van der Waals surface area contributed by atoms with Crippen molar-refractivity contribution in [3.63, 3.8) is 0 Å². The molecule has 0 atom stereocenters. The highest BCUT2D eigenvalue weighted by Crippen LogP contribution is 2.16. The fraction of sp³-hybridized carbons (Fsp3) is 0.778. The van der Waals surface area contributed by atoms with Crippen LogP contribution in [0.4, 0.5) is 0 Å². The minimum absolute atomic E-state index is 0.613. The van der Waals surface area contributed by atoms with E-state index in [1.54, 1.807) is 0 Å². The summed E-state index contributed by atoms with van der Waals surface area (Å²) in [5, 5.41) is 8.04. The fourth-order valence-corrected chi connectivity index (χ4v) is 1.53. The van der Waals surface area contributed by atoms with E-state index in [9.17, 15) is 0 Å². The molecule has 0 aromatic carbocycles. The molecule has 0 spiro atoms. The summed E-state index contributed by atoms with van der Waals surface area (Å²) in [6.07, 6.45) is 4.20. The summed E-state index contributed by atoms with van der Waals surface area (Å²) in [6, 6.07) is 0. The van der Waals surface area contributed by atoms with Crippen molar-refractivity contribution in [1.29, 1.82) is 0 Å². The highest BCUT2D eigenvalue weighted by molar-refractivity contribution is 5.94. The second-order valence-corrected chi connectivity index (χ2v) is 3.20. The lowest BCUT2D eigenvalue weighted by molar-refractivity contribution is 0.625. The second-order valence-electron chi connectivity index (χ2n) is 3.20. The SMILES string of the molecule is CCC(CC)C1=NN=C(N)CC1. The Balaban J connectivity index is 2.63. The first kappa shape index (κ1) is 9.23. The number of hydrogen-bond donors (Lipinski definition) is 1. The summed E-state index contributed by atoms with van der Waals surface area (Å²) in [5.41, 5.74) is 6.75. The van der Waals surface area contributed by atoms with Crippen molar-refractivity contribution < 1.29 is 0 Å². The van der Waals surface area contributed by atoms with E-state index in [1.165, 1.54) is 5.71 Å². The Morgan fingerprint density at radius 1 is 1.25 bits per heavy atom. The van der Waals surface area contributed by atoms with Crippen LogP contribution in [0.5, 0.6) is 0 Å². The van der Waals surface area contributed by atoms with Crippen molar-refractivity contribution in [3.8, 4) is 0 Å². The molecule has 0 aromatic heterocycles. The molecule has 2 N–H and O–H groups in total. The molecule has 3 heteroatoms. The van der Waals surface area contributed by atoms with Gasteiger partial charge in [-0.3, -0.25) is 0 Å². The zero-order chi connectivity index (χ0) is 8.97. The van der Waals surface area contributed by atoms with Gasteiger partial charge in [0.1, 0.15) is 5.84 Å². The third-order valence-corrected chi connectivity index (χ3v) is 2.40. The Morgan fingerprint density at radius 3 is 2.33 bits per heavy atom. The van der Waals surface area contributed by atoms with E-state index in [-0.39, 0.29) is 0 Å². The van der Waals surface area contributed by atoms with Gasteiger partial charge >= 0.3 is 0 Å². The van der Waals surface area contributed by atoms with Gasteiger partial charge in [0.25, 0.3) is 0 Å². The van der Waals surface area contributed by atoms with E-state index in [1.807, 2.05) is 0 Å². The molecule has 0 amide bonds. The van der Waals surface area contributed by atoms with Crippen LogP contribution >= 0.6 is 0 Å². The number of hydrogen-bond acceptors (Lipinski definition) is 3. The summed E-state index contributed by atoms with van der Waals surface area (Å²) in [6.45, 7) is 4.39. The molecule has 0 fully saturated rings. The van der Waals surface area contributed by atoms with E-state index in [0.717, 1.165) is 25.7 Å². The standard InChI is InChI=1S/C9H17N3/c1-3-7(4-2)8-5-6-9(10)12-11-8/h7H,3-6H2,1-2H3,(H2,10,12). The maximum atomic E-state index is 5.52. The van der Waals surface area contributed by atoms with Crippen LogP contribution in [0.2, 0.25) is 0 Å². The Hall–Kier alpha value is -0.860. The van der Waals surface area contributed by atoms with Crippen molar-refractivity contribution in [2.45, 2.75) is 39.5 Å². The monoisotopic (exact) mass is 167 g/mol. The van der Waals surface area contributed by atoms with Crippen LogP contribution in [0.1, 0.15) is 39.5 Å². The van der Waals surface area contributed by atoms with E-state index in [4.69, 9.17) is 5.73 Å². The number of nitrogens with zero attached hydrogens (tertiary/aromatic N) is 2. The van der Waals surface area contributed by atoms with E-state index in [2.05, 4.69) is 24.1 Å². The largest absolute Gasteiger partial charge is 0.386 e. The molecule has 0 saturated carbocycles. The van der Waals surface area contributed by atoms with Crippen LogP contribution in [-0.4, -0.2) is 11.5 Å². The van der Waals surface area contributed by atoms with Crippen molar-refractivity contribution >= 4 is 11.5 Å². The van der Waals surface area contributed by atoms with Crippen molar-refractivity contribution in [1.82, 2.24) is 0 Å². The maximum absolute atomic E-state index is 5.52. The molecular formula is C9H17N3. The predicted molar refractivity (Wildman–Crippen MR) is 52.4 cm³/mol. The molecule has 1 heterocycles. The van der Waals surface area contributed by atoms with Crippen LogP contribution in [0.25, 0.3) is 0 Å². The van der Waals surface area contributed by atoms with Gasteiger partial charge in [-0.1, -0.05) is 13.8 Å². The molecule has 0 saturated heterocycles. The highest BCUT2D eigenvalue weighted by Gasteiger charge is 2.15. The highest BCUT2D eigenvalue weighted by atomic mass is 15.2. The van der Waals surface area contributed by atoms with Gasteiger partial charge in [-0.15, -0.1) is 5.10 Å². The lowest BCUT2D eigenvalue weighted by Crippen LogP contribution is -2.21. The van der Waals surface area contributed by atoms with E-state index in [0.29, 0.717) is 11.8 Å². The number of amidine groups is 1. The summed E-state index contributed by atoms with van der Waals surface area (Å²) in [4.78, 5) is 0. The van der Waals surface area contributed by atoms with Gasteiger partial charge in [0.05, 0.1) is 0 Å². The Labute approximate surface area is 73.8 Å². The fourth-order valence-electron chi connectivity index (χ4n) is 1.53. The molecular weight excluding hydrogens is 150 g/mol. The van der Waals surface area contributed by atoms with Crippen molar-refractivity contribution in [2.24, 2.45) is 21.9 Å². The van der Waals surface area contributed by atoms with Gasteiger partial charge < -0.3 is 5.73 Å². The summed E-state index contributed by atoms with van der Waals surface area (Å²) in [5.74, 6) is 1.28. The quantitative estimate of drug-likeness (QED) is 0.686. The average molecular weight is 167 g/mol. The van der Waals surface area contributed by atoms with Gasteiger partial charge in [-0.05, 0) is 25.2 Å². The van der Waals surface area contributed by atoms with Crippen LogP contribution in [0, 0.1) is 5.92 Å². The van der Waals surface area contributed by atoms with Gasteiger partial charge in [0.2, 0.25) is 0 Å². The topological polar surface area (TPSA) is 50.7 Å². The van der Waals surface area contributed by atoms with E-state index >= 15 is 0 Å². The van der Waals surface area contributed by atoms with Gasteiger partial charge in [-0.25, -0.2) is 0 Å². The average Bonchev–Trinajstić information content (AvgIpc) is 2.10. The summed E-state index contributed by atoms with van der Waals surface area (Å²) in [7, 11) is 0. The molecule has 0 aromatic rings. The van der Waals surface area contributed by atoms with Crippen LogP contribution < -0.4 is 5.73 Å². The molecule has 0 unspecified atom stereocenters. The molecule has 0 bridgehead atoms. The third-order valence-electron chi connectivity index (χ3n) is 2.40. The van der Waals surface area contributed by atoms with Gasteiger partial charge in [-0.2, -0.15) is 5.10 Å². The molecule has 12 heavy (non-hydrogen) atoms. The Kier molecular flexibility index (Phi) is 3.26. The van der Waals surface area contributed by atoms with Gasteiger partial charge in [0, 0.05) is 12.1 Å². The minimum atomic E-state index is 0.613. The van der Waals surface area contributed by atoms with E-state index < -0.39 is 0 Å². The summed E-state index contributed by atoms with van der Waals surface area (Å²) < 4.78 is 0. The molecule has 3 nitrogen and oxygen atoms in total. The zero-order valence-electron chi connectivity index (χ0n) is 7.88. The molecule has 68 valence electrons. The molecule has 0 aliphatic carbocycles. The predicted octanol–water partition coefficient (Wildman–Crippen LogP) is 1.93. The lowest BCUT2D eigenvalue weighted by atomic mass is 9.94.